The van der Waals surface area contributed by atoms with Gasteiger partial charge in [0, 0.05) is 32.1 Å². The van der Waals surface area contributed by atoms with E-state index in [4.69, 9.17) is 9.47 Å². The molecule has 3 aliphatic rings. The Kier molecular flexibility index (Phi) is 7.86. The van der Waals surface area contributed by atoms with Crippen molar-refractivity contribution in [1.29, 1.82) is 0 Å². The van der Waals surface area contributed by atoms with Crippen LogP contribution >= 0.6 is 0 Å². The number of hydrogen-bond acceptors (Lipinski definition) is 6. The van der Waals surface area contributed by atoms with E-state index in [0.29, 0.717) is 64.2 Å². The Hall–Kier alpha value is -1.68. The Balaban J connectivity index is 1.56. The van der Waals surface area contributed by atoms with Crippen molar-refractivity contribution in [2.75, 3.05) is 62.8 Å². The van der Waals surface area contributed by atoms with Crippen LogP contribution in [0.1, 0.15) is 46.5 Å². The molecule has 4 rings (SSSR count). The van der Waals surface area contributed by atoms with Gasteiger partial charge >= 0.3 is 0 Å². The van der Waals surface area contributed by atoms with Crippen molar-refractivity contribution in [3.63, 3.8) is 0 Å². The number of benzene rings is 1. The van der Waals surface area contributed by atoms with Crippen molar-refractivity contribution >= 4 is 27.3 Å². The largest absolute Gasteiger partial charge is 0.379 e. The van der Waals surface area contributed by atoms with Gasteiger partial charge in [-0.15, -0.1) is 0 Å². The molecule has 0 unspecified atom stereocenters. The van der Waals surface area contributed by atoms with E-state index in [2.05, 4.69) is 31.0 Å². The molecule has 1 aromatic rings. The highest BCUT2D eigenvalue weighted by Crippen LogP contribution is 2.40. The molecule has 34 heavy (non-hydrogen) atoms. The first kappa shape index (κ1) is 25.4. The van der Waals surface area contributed by atoms with Crippen LogP contribution in [-0.2, 0) is 24.3 Å². The van der Waals surface area contributed by atoms with Gasteiger partial charge in [0.25, 0.3) is 0 Å². The smallest absolute Gasteiger partial charge is 0.243 e. The van der Waals surface area contributed by atoms with Crippen LogP contribution in [0.4, 0.5) is 11.4 Å². The molecule has 0 bridgehead atoms. The molecule has 8 nitrogen and oxygen atoms in total. The van der Waals surface area contributed by atoms with Gasteiger partial charge in [0.2, 0.25) is 15.9 Å². The zero-order chi connectivity index (χ0) is 24.3. The standard InChI is InChI=1S/C25H39N3O5S/c1-25(2,3)20-6-4-19(5-7-20)24(29)26-22-18-21(34(30,31)28-12-16-33-17-13-28)8-9-23(22)27-10-14-32-15-11-27/h8-9,18-20H,4-7,10-17H2,1-3H3,(H,26,29). The minimum Gasteiger partial charge on any atom is -0.379 e. The number of nitrogens with zero attached hydrogens (tertiary/aromatic N) is 2. The number of hydrogen-bond donors (Lipinski definition) is 1. The zero-order valence-corrected chi connectivity index (χ0v) is 21.5. The van der Waals surface area contributed by atoms with Gasteiger partial charge in [-0.25, -0.2) is 8.42 Å². The molecule has 2 saturated heterocycles. The highest BCUT2D eigenvalue weighted by Gasteiger charge is 2.33. The fraction of sp³-hybridized carbons (Fsp3) is 0.720. The minimum atomic E-state index is -3.66. The highest BCUT2D eigenvalue weighted by molar-refractivity contribution is 7.89. The summed E-state index contributed by atoms with van der Waals surface area (Å²) in [6.07, 6.45) is 3.82. The molecule has 1 saturated carbocycles. The summed E-state index contributed by atoms with van der Waals surface area (Å²) in [4.78, 5) is 15.7. The lowest BCUT2D eigenvalue weighted by Gasteiger charge is -2.36. The molecule has 1 aliphatic carbocycles. The van der Waals surface area contributed by atoms with E-state index in [1.54, 1.807) is 12.1 Å². The Morgan fingerprint density at radius 3 is 2.12 bits per heavy atom. The molecule has 1 N–H and O–H groups in total. The summed E-state index contributed by atoms with van der Waals surface area (Å²) in [7, 11) is -3.66. The summed E-state index contributed by atoms with van der Waals surface area (Å²) in [6, 6.07) is 5.11. The van der Waals surface area contributed by atoms with Crippen LogP contribution in [0, 0.1) is 17.3 Å². The van der Waals surface area contributed by atoms with Crippen LogP contribution < -0.4 is 10.2 Å². The number of anilines is 2. The van der Waals surface area contributed by atoms with Crippen LogP contribution in [0.2, 0.25) is 0 Å². The van der Waals surface area contributed by atoms with Gasteiger partial charge in [0.05, 0.1) is 42.7 Å². The fourth-order valence-electron chi connectivity index (χ4n) is 5.25. The minimum absolute atomic E-state index is 0.0113. The second kappa shape index (κ2) is 10.5. The van der Waals surface area contributed by atoms with E-state index in [1.165, 1.54) is 4.31 Å². The second-order valence-corrected chi connectivity index (χ2v) is 12.6. The van der Waals surface area contributed by atoms with Crippen molar-refractivity contribution in [3.8, 4) is 0 Å². The lowest BCUT2D eigenvalue weighted by molar-refractivity contribution is -0.121. The molecular weight excluding hydrogens is 454 g/mol. The van der Waals surface area contributed by atoms with E-state index in [1.807, 2.05) is 6.07 Å². The maximum Gasteiger partial charge on any atom is 0.243 e. The van der Waals surface area contributed by atoms with Crippen molar-refractivity contribution in [2.24, 2.45) is 17.3 Å². The van der Waals surface area contributed by atoms with Gasteiger partial charge < -0.3 is 19.7 Å². The predicted octanol–water partition coefficient (Wildman–Crippen LogP) is 3.34. The molecule has 0 atom stereocenters. The molecule has 1 amide bonds. The molecule has 9 heteroatoms. The van der Waals surface area contributed by atoms with Crippen LogP contribution in [0.15, 0.2) is 23.1 Å². The van der Waals surface area contributed by atoms with Gasteiger partial charge in [0.15, 0.2) is 0 Å². The van der Waals surface area contributed by atoms with Crippen molar-refractivity contribution in [2.45, 2.75) is 51.3 Å². The number of nitrogens with one attached hydrogen (secondary N) is 1. The van der Waals surface area contributed by atoms with Crippen LogP contribution in [-0.4, -0.2) is 71.2 Å². The molecule has 3 fully saturated rings. The SMILES string of the molecule is CC(C)(C)C1CCC(C(=O)Nc2cc(S(=O)(=O)N3CCOCC3)ccc2N2CCOCC2)CC1. The average molecular weight is 494 g/mol. The normalized spacial score (nSPS) is 25.2. The third-order valence-electron chi connectivity index (χ3n) is 7.51. The molecule has 1 aromatic carbocycles. The number of morpholine rings is 2. The Morgan fingerprint density at radius 1 is 0.941 bits per heavy atom. The summed E-state index contributed by atoms with van der Waals surface area (Å²) >= 11 is 0. The Labute approximate surface area is 204 Å². The molecule has 0 spiro atoms. The van der Waals surface area contributed by atoms with E-state index in [-0.39, 0.29) is 22.1 Å². The van der Waals surface area contributed by atoms with Crippen molar-refractivity contribution in [1.82, 2.24) is 4.31 Å². The summed E-state index contributed by atoms with van der Waals surface area (Å²) in [5.41, 5.74) is 1.67. The molecule has 0 aromatic heterocycles. The number of ether oxygens (including phenoxy) is 2. The molecule has 0 radical (unpaired) electrons. The first-order valence-corrected chi connectivity index (χ1v) is 14.0. The number of sulfonamides is 1. The molecule has 190 valence electrons. The molecule has 2 heterocycles. The summed E-state index contributed by atoms with van der Waals surface area (Å²) in [5, 5.41) is 3.12. The third kappa shape index (κ3) is 5.75. The van der Waals surface area contributed by atoms with Gasteiger partial charge in [-0.05, 0) is 55.2 Å². The lowest BCUT2D eigenvalue weighted by Crippen LogP contribution is -2.40. The Morgan fingerprint density at radius 2 is 1.53 bits per heavy atom. The van der Waals surface area contributed by atoms with Crippen molar-refractivity contribution < 1.29 is 22.7 Å². The van der Waals surface area contributed by atoms with Gasteiger partial charge in [0.1, 0.15) is 0 Å². The van der Waals surface area contributed by atoms with Crippen LogP contribution in [0.3, 0.4) is 0 Å². The third-order valence-corrected chi connectivity index (χ3v) is 9.40. The molecule has 2 aliphatic heterocycles. The average Bonchev–Trinajstić information content (AvgIpc) is 2.84. The summed E-state index contributed by atoms with van der Waals surface area (Å²) in [5.74, 6) is 0.570. The van der Waals surface area contributed by atoms with Gasteiger partial charge in [-0.2, -0.15) is 4.31 Å². The predicted molar refractivity (Wildman–Crippen MR) is 133 cm³/mol. The summed E-state index contributed by atoms with van der Waals surface area (Å²) < 4.78 is 38.8. The summed E-state index contributed by atoms with van der Waals surface area (Å²) in [6.45, 7) is 10.9. The number of carbonyl (C=O) groups excluding carboxylic acids is 1. The zero-order valence-electron chi connectivity index (χ0n) is 20.7. The van der Waals surface area contributed by atoms with E-state index in [0.717, 1.165) is 31.4 Å². The fourth-order valence-corrected chi connectivity index (χ4v) is 6.68. The van der Waals surface area contributed by atoms with Gasteiger partial charge in [-0.3, -0.25) is 4.79 Å². The van der Waals surface area contributed by atoms with Crippen LogP contribution in [0.5, 0.6) is 0 Å². The van der Waals surface area contributed by atoms with E-state index >= 15 is 0 Å². The van der Waals surface area contributed by atoms with Crippen LogP contribution in [0.25, 0.3) is 0 Å². The van der Waals surface area contributed by atoms with E-state index in [9.17, 15) is 13.2 Å². The Bertz CT molecular complexity index is 955. The first-order chi connectivity index (χ1) is 16.2. The van der Waals surface area contributed by atoms with E-state index < -0.39 is 10.0 Å². The maximum atomic E-state index is 13.3. The lowest BCUT2D eigenvalue weighted by atomic mass is 9.69. The number of amides is 1. The number of rotatable bonds is 5. The van der Waals surface area contributed by atoms with Gasteiger partial charge in [-0.1, -0.05) is 20.8 Å². The van der Waals surface area contributed by atoms with Crippen molar-refractivity contribution in [3.05, 3.63) is 18.2 Å². The molecular formula is C25H39N3O5S. The maximum absolute atomic E-state index is 13.3. The first-order valence-electron chi connectivity index (χ1n) is 12.5. The second-order valence-electron chi connectivity index (χ2n) is 10.7. The topological polar surface area (TPSA) is 88.2 Å². The quantitative estimate of drug-likeness (QED) is 0.677. The monoisotopic (exact) mass is 493 g/mol. The highest BCUT2D eigenvalue weighted by atomic mass is 32.2. The number of carbonyl (C=O) groups is 1.